The number of methoxy groups -OCH3 is 1. The van der Waals surface area contributed by atoms with Crippen molar-refractivity contribution in [2.45, 2.75) is 12.8 Å². The normalized spacial score (nSPS) is 33.2. The smallest absolute Gasteiger partial charge is 0.273 e. The molecule has 1 saturated heterocycles. The van der Waals surface area contributed by atoms with E-state index in [0.29, 0.717) is 5.69 Å². The molecule has 2 amide bonds. The molecule has 3 aliphatic carbocycles. The fourth-order valence-electron chi connectivity index (χ4n) is 5.28. The summed E-state index contributed by atoms with van der Waals surface area (Å²) in [4.78, 5) is 37.7. The summed E-state index contributed by atoms with van der Waals surface area (Å²) in [5.74, 6) is -0.552. The van der Waals surface area contributed by atoms with Crippen molar-refractivity contribution in [3.05, 3.63) is 40.5 Å². The molecule has 0 N–H and O–H groups in total. The van der Waals surface area contributed by atoms with E-state index in [2.05, 4.69) is 12.2 Å². The molecule has 4 atom stereocenters. The molecule has 7 heteroatoms. The van der Waals surface area contributed by atoms with E-state index in [1.54, 1.807) is 0 Å². The quantitative estimate of drug-likeness (QED) is 0.364. The minimum atomic E-state index is -0.532. The molecule has 0 radical (unpaired) electrons. The third-order valence-electron chi connectivity index (χ3n) is 6.47. The summed E-state index contributed by atoms with van der Waals surface area (Å²) in [5.41, 5.74) is 0.298. The van der Waals surface area contributed by atoms with Gasteiger partial charge in [0.1, 0.15) is 5.75 Å². The number of carbonyl (C=O) groups is 2. The van der Waals surface area contributed by atoms with Crippen molar-refractivity contribution < 1.29 is 19.2 Å². The summed E-state index contributed by atoms with van der Waals surface area (Å²) >= 11 is 0. The Bertz CT molecular complexity index is 838. The van der Waals surface area contributed by atoms with Crippen LogP contribution in [0, 0.1) is 39.2 Å². The van der Waals surface area contributed by atoms with Crippen LogP contribution in [0.15, 0.2) is 30.4 Å². The number of hydrogen-bond donors (Lipinski definition) is 0. The van der Waals surface area contributed by atoms with E-state index in [1.807, 2.05) is 0 Å². The standard InChI is InChI=1S/C18H16N2O5/c1-25-13-8-9(20(23)24)2-5-12(13)19-16(21)14-10-3-4-11(15(14)17(19)22)18(10)6-7-18/h2-5,8,10-11,14-15H,6-7H2,1H3/t10-,11-,14+,15+/m1/s1. The lowest BCUT2D eigenvalue weighted by Gasteiger charge is -2.22. The maximum absolute atomic E-state index is 13.1. The van der Waals surface area contributed by atoms with Gasteiger partial charge in [0.2, 0.25) is 11.8 Å². The Kier molecular flexibility index (Phi) is 2.62. The maximum Gasteiger partial charge on any atom is 0.273 e. The number of nitro benzene ring substituents is 1. The first-order chi connectivity index (χ1) is 12.0. The first kappa shape index (κ1) is 14.6. The number of benzene rings is 1. The second kappa shape index (κ2) is 4.47. The Morgan fingerprint density at radius 2 is 1.76 bits per heavy atom. The highest BCUT2D eigenvalue weighted by Gasteiger charge is 2.73. The number of fused-ring (bicyclic) bond motifs is 3. The topological polar surface area (TPSA) is 89.8 Å². The number of non-ortho nitro benzene ring substituents is 1. The number of nitro groups is 1. The van der Waals surface area contributed by atoms with Gasteiger partial charge in [-0.2, -0.15) is 0 Å². The van der Waals surface area contributed by atoms with Gasteiger partial charge in [-0.15, -0.1) is 0 Å². The molecule has 7 nitrogen and oxygen atoms in total. The van der Waals surface area contributed by atoms with Crippen LogP contribution in [0.25, 0.3) is 0 Å². The van der Waals surface area contributed by atoms with Crippen LogP contribution in [-0.2, 0) is 9.59 Å². The monoisotopic (exact) mass is 340 g/mol. The molecule has 25 heavy (non-hydrogen) atoms. The van der Waals surface area contributed by atoms with Crippen molar-refractivity contribution in [2.75, 3.05) is 12.0 Å². The largest absolute Gasteiger partial charge is 0.494 e. The molecule has 2 saturated carbocycles. The second-order valence-corrected chi connectivity index (χ2v) is 7.35. The van der Waals surface area contributed by atoms with Crippen LogP contribution in [0.5, 0.6) is 5.75 Å². The number of carbonyl (C=O) groups excluding carboxylic acids is 2. The third kappa shape index (κ3) is 1.61. The predicted molar refractivity (Wildman–Crippen MR) is 86.9 cm³/mol. The van der Waals surface area contributed by atoms with Crippen molar-refractivity contribution in [3.63, 3.8) is 0 Å². The lowest BCUT2D eigenvalue weighted by atomic mass is 9.85. The van der Waals surface area contributed by atoms with Crippen LogP contribution in [0.3, 0.4) is 0 Å². The highest BCUT2D eigenvalue weighted by molar-refractivity contribution is 6.23. The Labute approximate surface area is 143 Å². The second-order valence-electron chi connectivity index (χ2n) is 7.35. The molecule has 1 heterocycles. The number of ether oxygens (including phenoxy) is 1. The first-order valence-electron chi connectivity index (χ1n) is 8.38. The van der Waals surface area contributed by atoms with Crippen LogP contribution >= 0.6 is 0 Å². The number of nitrogens with zero attached hydrogens (tertiary/aromatic N) is 2. The lowest BCUT2D eigenvalue weighted by Crippen LogP contribution is -2.35. The van der Waals surface area contributed by atoms with Crippen molar-refractivity contribution in [1.29, 1.82) is 0 Å². The fraction of sp³-hybridized carbons (Fsp3) is 0.444. The minimum Gasteiger partial charge on any atom is -0.494 e. The molecule has 0 unspecified atom stereocenters. The third-order valence-corrected chi connectivity index (χ3v) is 6.47. The number of rotatable bonds is 3. The minimum absolute atomic E-state index is 0.140. The fourth-order valence-corrected chi connectivity index (χ4v) is 5.28. The van der Waals surface area contributed by atoms with Crippen molar-refractivity contribution in [3.8, 4) is 5.75 Å². The van der Waals surface area contributed by atoms with Gasteiger partial charge in [0.15, 0.2) is 0 Å². The van der Waals surface area contributed by atoms with Gasteiger partial charge in [-0.05, 0) is 36.2 Å². The molecular weight excluding hydrogens is 324 g/mol. The van der Waals surface area contributed by atoms with Gasteiger partial charge in [-0.25, -0.2) is 4.90 Å². The van der Waals surface area contributed by atoms with Gasteiger partial charge in [-0.3, -0.25) is 19.7 Å². The molecule has 1 aliphatic heterocycles. The summed E-state index contributed by atoms with van der Waals surface area (Å²) in [6.45, 7) is 0. The Balaban J connectivity index is 1.56. The Hall–Kier alpha value is -2.70. The summed E-state index contributed by atoms with van der Waals surface area (Å²) in [5, 5.41) is 11.0. The Morgan fingerprint density at radius 1 is 1.16 bits per heavy atom. The summed E-state index contributed by atoms with van der Waals surface area (Å²) in [6.07, 6.45) is 6.40. The molecule has 1 aromatic carbocycles. The van der Waals surface area contributed by atoms with E-state index in [9.17, 15) is 19.7 Å². The summed E-state index contributed by atoms with van der Waals surface area (Å²) < 4.78 is 5.22. The lowest BCUT2D eigenvalue weighted by molar-refractivity contribution is -0.384. The van der Waals surface area contributed by atoms with E-state index in [1.165, 1.54) is 30.2 Å². The van der Waals surface area contributed by atoms with E-state index in [4.69, 9.17) is 4.74 Å². The molecule has 2 bridgehead atoms. The number of anilines is 1. The van der Waals surface area contributed by atoms with Crippen molar-refractivity contribution in [2.24, 2.45) is 29.1 Å². The number of hydrogen-bond acceptors (Lipinski definition) is 5. The van der Waals surface area contributed by atoms with E-state index in [-0.39, 0.29) is 52.3 Å². The van der Waals surface area contributed by atoms with Gasteiger partial charge >= 0.3 is 0 Å². The molecule has 3 fully saturated rings. The predicted octanol–water partition coefficient (Wildman–Crippen LogP) is 2.30. The van der Waals surface area contributed by atoms with Crippen molar-refractivity contribution >= 4 is 23.2 Å². The summed E-state index contributed by atoms with van der Waals surface area (Å²) in [6, 6.07) is 3.97. The first-order valence-corrected chi connectivity index (χ1v) is 8.38. The zero-order valence-electron chi connectivity index (χ0n) is 13.5. The van der Waals surface area contributed by atoms with Gasteiger partial charge in [0.05, 0.1) is 35.6 Å². The average molecular weight is 340 g/mol. The zero-order chi connectivity index (χ0) is 17.5. The van der Waals surface area contributed by atoms with Gasteiger partial charge in [-0.1, -0.05) is 12.2 Å². The van der Waals surface area contributed by atoms with Gasteiger partial charge < -0.3 is 4.74 Å². The summed E-state index contributed by atoms with van der Waals surface area (Å²) in [7, 11) is 1.37. The molecule has 1 aromatic rings. The van der Waals surface area contributed by atoms with E-state index in [0.717, 1.165) is 12.8 Å². The van der Waals surface area contributed by atoms with E-state index >= 15 is 0 Å². The average Bonchev–Trinajstić information content (AvgIpc) is 3.20. The highest BCUT2D eigenvalue weighted by atomic mass is 16.6. The Morgan fingerprint density at radius 3 is 2.24 bits per heavy atom. The van der Waals surface area contributed by atoms with Crippen LogP contribution in [0.4, 0.5) is 11.4 Å². The van der Waals surface area contributed by atoms with Crippen LogP contribution < -0.4 is 9.64 Å². The van der Waals surface area contributed by atoms with Crippen molar-refractivity contribution in [1.82, 2.24) is 0 Å². The number of imide groups is 1. The molecule has 0 aromatic heterocycles. The molecule has 5 rings (SSSR count). The molecule has 4 aliphatic rings. The highest BCUT2D eigenvalue weighted by Crippen LogP contribution is 2.73. The number of allylic oxidation sites excluding steroid dienone is 2. The number of amides is 2. The van der Waals surface area contributed by atoms with Crippen LogP contribution in [0.2, 0.25) is 0 Å². The zero-order valence-corrected chi connectivity index (χ0v) is 13.5. The van der Waals surface area contributed by atoms with Crippen LogP contribution in [0.1, 0.15) is 12.8 Å². The SMILES string of the molecule is COc1cc([N+](=O)[O-])ccc1N1C(=O)[C@@H]2[C@@H](C1=O)[C@H]1C=C[C@H]2C12CC2. The van der Waals surface area contributed by atoms with Gasteiger partial charge in [0, 0.05) is 6.07 Å². The molecular formula is C18H16N2O5. The molecule has 1 spiro atoms. The van der Waals surface area contributed by atoms with Crippen LogP contribution in [-0.4, -0.2) is 23.8 Å². The van der Waals surface area contributed by atoms with E-state index < -0.39 is 4.92 Å². The maximum atomic E-state index is 13.1. The molecule has 128 valence electrons. The van der Waals surface area contributed by atoms with Gasteiger partial charge in [0.25, 0.3) is 5.69 Å².